The molecule has 2 unspecified atom stereocenters. The largest absolute Gasteiger partial charge is 0.417 e. The van der Waals surface area contributed by atoms with Gasteiger partial charge in [0, 0.05) is 47.1 Å². The number of halogens is 6. The normalized spacial score (nSPS) is 19.4. The number of carbonyl (C=O) groups is 2. The van der Waals surface area contributed by atoms with Crippen molar-refractivity contribution in [3.63, 3.8) is 0 Å². The van der Waals surface area contributed by atoms with E-state index < -0.39 is 47.4 Å². The van der Waals surface area contributed by atoms with Crippen LogP contribution >= 0.6 is 15.9 Å². The van der Waals surface area contributed by atoms with E-state index in [1.807, 2.05) is 30.3 Å². The van der Waals surface area contributed by atoms with Crippen molar-refractivity contribution in [2.75, 3.05) is 11.4 Å². The third-order valence-electron chi connectivity index (χ3n) is 9.18. The van der Waals surface area contributed by atoms with E-state index in [0.717, 1.165) is 24.1 Å². The number of aromatic amines is 1. The number of benzene rings is 3. The van der Waals surface area contributed by atoms with E-state index in [9.17, 15) is 31.5 Å². The van der Waals surface area contributed by atoms with Gasteiger partial charge in [-0.15, -0.1) is 0 Å². The number of alkyl halides is 5. The summed E-state index contributed by atoms with van der Waals surface area (Å²) in [5.74, 6) is -4.59. The number of carbonyl (C=O) groups excluding carboxylic acids is 2. The first-order valence-corrected chi connectivity index (χ1v) is 16.5. The van der Waals surface area contributed by atoms with Gasteiger partial charge in [-0.25, -0.2) is 9.67 Å². The Balaban J connectivity index is 1.26. The van der Waals surface area contributed by atoms with E-state index >= 15 is 0 Å². The lowest BCUT2D eigenvalue weighted by molar-refractivity contribution is -0.138. The van der Waals surface area contributed by atoms with Crippen LogP contribution in [0.3, 0.4) is 0 Å². The molecule has 2 aromatic heterocycles. The van der Waals surface area contributed by atoms with Crippen LogP contribution in [0.1, 0.15) is 59.2 Å². The summed E-state index contributed by atoms with van der Waals surface area (Å²) in [4.78, 5) is 35.3. The summed E-state index contributed by atoms with van der Waals surface area (Å²) in [5.41, 5.74) is 1.63. The summed E-state index contributed by atoms with van der Waals surface area (Å²) in [6.45, 7) is 2.54. The van der Waals surface area contributed by atoms with E-state index in [2.05, 4.69) is 31.1 Å². The lowest BCUT2D eigenvalue weighted by Gasteiger charge is -2.47. The van der Waals surface area contributed by atoms with E-state index in [-0.39, 0.29) is 34.7 Å². The van der Waals surface area contributed by atoms with Crippen molar-refractivity contribution in [1.29, 1.82) is 0 Å². The van der Waals surface area contributed by atoms with E-state index in [1.165, 1.54) is 17.0 Å². The highest BCUT2D eigenvalue weighted by Gasteiger charge is 2.48. The number of nitrogens with zero attached hydrogens (tertiary/aromatic N) is 6. The van der Waals surface area contributed by atoms with Crippen LogP contribution in [0, 0.1) is 5.92 Å². The van der Waals surface area contributed by atoms with Crippen LogP contribution < -0.4 is 4.90 Å². The maximum Gasteiger partial charge on any atom is 0.417 e. The van der Waals surface area contributed by atoms with Crippen LogP contribution in [0.25, 0.3) is 11.4 Å². The number of hydrogen-bond donors (Lipinski definition) is 1. The Bertz CT molecular complexity index is 2080. The number of H-pyrrole nitrogens is 1. The van der Waals surface area contributed by atoms with Crippen LogP contribution in [0.2, 0.25) is 0 Å². The molecule has 0 saturated carbocycles. The maximum absolute atomic E-state index is 14.5. The van der Waals surface area contributed by atoms with Crippen LogP contribution in [0.5, 0.6) is 0 Å². The number of fused-ring (bicyclic) bond motifs is 3. The standard InChI is InChI=1S/C35H29BrF5N7O2/c1-19-14-25-28(18-46(19)31(49)22-10-13-27(36)26(16-22)35(39,40)41)48-30(23(17-42-48)15-20-6-4-3-5-7-20)47(32(25)50)24-11-8-21(9-12-24)29-43-33(45-44-29)34(2,37)38/h3-13,16-17,19,25,28H,14-15,18H2,1-2H3,(H,43,44,45)/t19-,25?,28?/m1/s1. The zero-order valence-electron chi connectivity index (χ0n) is 26.6. The Morgan fingerprint density at radius 3 is 2.40 bits per heavy atom. The zero-order chi connectivity index (χ0) is 35.5. The van der Waals surface area contributed by atoms with Gasteiger partial charge in [-0.3, -0.25) is 19.6 Å². The highest BCUT2D eigenvalue weighted by molar-refractivity contribution is 9.10. The molecule has 0 radical (unpaired) electrons. The molecule has 50 heavy (non-hydrogen) atoms. The van der Waals surface area contributed by atoms with Gasteiger partial charge in [-0.05, 0) is 61.4 Å². The van der Waals surface area contributed by atoms with Crippen LogP contribution in [0.15, 0.2) is 83.5 Å². The van der Waals surface area contributed by atoms with Gasteiger partial charge in [0.15, 0.2) is 11.6 Å². The van der Waals surface area contributed by atoms with Gasteiger partial charge >= 0.3 is 12.1 Å². The SMILES string of the molecule is C[C@@H]1CC2C(=O)N(c3ccc(-c4n[nH]c(C(C)(F)F)n4)cc3)c3c(Cc4ccccc4)cnn3C2CN1C(=O)c1ccc(Br)c(C(F)(F)F)c1. The van der Waals surface area contributed by atoms with Gasteiger partial charge in [-0.2, -0.15) is 32.1 Å². The van der Waals surface area contributed by atoms with Crippen molar-refractivity contribution in [3.8, 4) is 11.4 Å². The fourth-order valence-electron chi connectivity index (χ4n) is 6.69. The van der Waals surface area contributed by atoms with Crippen molar-refractivity contribution in [3.05, 3.63) is 112 Å². The number of anilines is 2. The average Bonchev–Trinajstić information content (AvgIpc) is 3.74. The third-order valence-corrected chi connectivity index (χ3v) is 9.87. The first kappa shape index (κ1) is 33.6. The molecule has 1 fully saturated rings. The first-order chi connectivity index (χ1) is 23.7. The highest BCUT2D eigenvalue weighted by atomic mass is 79.9. The Hall–Kier alpha value is -4.92. The minimum Gasteiger partial charge on any atom is -0.334 e. The van der Waals surface area contributed by atoms with Crippen LogP contribution in [-0.2, 0) is 23.3 Å². The zero-order valence-corrected chi connectivity index (χ0v) is 28.2. The van der Waals surface area contributed by atoms with Crippen molar-refractivity contribution in [2.45, 2.75) is 50.9 Å². The highest BCUT2D eigenvalue weighted by Crippen LogP contribution is 2.45. The average molecular weight is 755 g/mol. The summed E-state index contributed by atoms with van der Waals surface area (Å²) >= 11 is 2.93. The van der Waals surface area contributed by atoms with Crippen molar-refractivity contribution < 1.29 is 31.5 Å². The maximum atomic E-state index is 14.5. The predicted octanol–water partition coefficient (Wildman–Crippen LogP) is 7.92. The van der Waals surface area contributed by atoms with Crippen LogP contribution in [0.4, 0.5) is 33.5 Å². The molecule has 258 valence electrons. The fourth-order valence-corrected chi connectivity index (χ4v) is 7.16. The molecule has 3 atom stereocenters. The van der Waals surface area contributed by atoms with Gasteiger partial charge < -0.3 is 4.90 Å². The molecule has 5 aromatic rings. The topological polar surface area (TPSA) is 100 Å². The number of nitrogens with one attached hydrogen (secondary N) is 1. The predicted molar refractivity (Wildman–Crippen MR) is 177 cm³/mol. The molecule has 4 heterocycles. The third kappa shape index (κ3) is 6.07. The van der Waals surface area contributed by atoms with Gasteiger partial charge in [0.05, 0.1) is 29.4 Å². The summed E-state index contributed by atoms with van der Waals surface area (Å²) in [7, 11) is 0. The van der Waals surface area contributed by atoms with Crippen molar-refractivity contribution in [1.82, 2.24) is 29.9 Å². The Labute approximate surface area is 291 Å². The van der Waals surface area contributed by atoms with E-state index in [1.54, 1.807) is 47.0 Å². The molecule has 0 spiro atoms. The number of likely N-dealkylation sites (tertiary alicyclic amines) is 1. The van der Waals surface area contributed by atoms with Crippen molar-refractivity contribution >= 4 is 39.2 Å². The molecule has 3 aromatic carbocycles. The molecule has 2 aliphatic rings. The van der Waals surface area contributed by atoms with Crippen LogP contribution in [-0.4, -0.2) is 54.3 Å². The second kappa shape index (κ2) is 12.4. The number of hydrogen-bond acceptors (Lipinski definition) is 5. The Morgan fingerprint density at radius 2 is 1.74 bits per heavy atom. The molecule has 2 aliphatic heterocycles. The van der Waals surface area contributed by atoms with Gasteiger partial charge in [0.25, 0.3) is 5.91 Å². The molecule has 0 bridgehead atoms. The molecular weight excluding hydrogens is 725 g/mol. The van der Waals surface area contributed by atoms with E-state index in [4.69, 9.17) is 5.10 Å². The minimum atomic E-state index is -4.66. The smallest absolute Gasteiger partial charge is 0.334 e. The number of rotatable bonds is 6. The Morgan fingerprint density at radius 1 is 1.02 bits per heavy atom. The number of amides is 2. The Kier molecular flexibility index (Phi) is 8.36. The quantitative estimate of drug-likeness (QED) is 0.178. The summed E-state index contributed by atoms with van der Waals surface area (Å²) in [6, 6.07) is 18.6. The molecule has 0 aliphatic carbocycles. The summed E-state index contributed by atoms with van der Waals surface area (Å²) < 4.78 is 70.2. The number of piperidine rings is 1. The molecule has 2 amide bonds. The molecule has 1 saturated heterocycles. The second-order valence-electron chi connectivity index (χ2n) is 12.6. The first-order valence-electron chi connectivity index (χ1n) is 15.7. The molecule has 15 heteroatoms. The second-order valence-corrected chi connectivity index (χ2v) is 13.5. The minimum absolute atomic E-state index is 0.0509. The van der Waals surface area contributed by atoms with Crippen molar-refractivity contribution in [2.24, 2.45) is 5.92 Å². The lowest BCUT2D eigenvalue weighted by Crippen LogP contribution is -2.56. The monoisotopic (exact) mass is 753 g/mol. The van der Waals surface area contributed by atoms with Gasteiger partial charge in [0.1, 0.15) is 5.82 Å². The molecule has 7 rings (SSSR count). The van der Waals surface area contributed by atoms with E-state index in [0.29, 0.717) is 23.5 Å². The summed E-state index contributed by atoms with van der Waals surface area (Å²) in [5, 5.41) is 10.9. The molecular formula is C35H29BrF5N7O2. The molecule has 1 N–H and O–H groups in total. The van der Waals surface area contributed by atoms with Gasteiger partial charge in [0.2, 0.25) is 5.91 Å². The lowest BCUT2D eigenvalue weighted by atomic mass is 9.84. The fraction of sp³-hybridized carbons (Fsp3) is 0.286. The molecule has 9 nitrogen and oxygen atoms in total. The summed E-state index contributed by atoms with van der Waals surface area (Å²) in [6.07, 6.45) is -2.29. The number of aromatic nitrogens is 5. The van der Waals surface area contributed by atoms with Gasteiger partial charge in [-0.1, -0.05) is 46.3 Å².